The Balaban J connectivity index is 4.07. The van der Waals surface area contributed by atoms with Crippen LogP contribution in [-0.2, 0) is 28.6 Å². The SMILES string of the molecule is CCCCCCCCCCCCCCCCCCCCCCCCCCCCCCCC(=O)OCC(COC(=O)CCCCCCCCCCCC)OC(=O)CCCCCCCCCCCCCCCCCCCCCC. The molecule has 0 fully saturated rings. The first kappa shape index (κ1) is 75.4. The normalized spacial score (nSPS) is 11.9. The molecule has 6 nitrogen and oxygen atoms in total. The van der Waals surface area contributed by atoms with E-state index in [1.165, 1.54) is 321 Å². The fourth-order valence-corrected chi connectivity index (χ4v) is 11.3. The molecule has 0 aliphatic heterocycles. The molecule has 0 saturated carbocycles. The number of esters is 3. The monoisotopic (exact) mass is 1090 g/mol. The summed E-state index contributed by atoms with van der Waals surface area (Å²) in [6, 6.07) is 0. The van der Waals surface area contributed by atoms with Crippen LogP contribution < -0.4 is 0 Å². The van der Waals surface area contributed by atoms with Gasteiger partial charge in [0.1, 0.15) is 13.2 Å². The highest BCUT2D eigenvalue weighted by Gasteiger charge is 2.19. The molecule has 0 aliphatic carbocycles. The van der Waals surface area contributed by atoms with Crippen molar-refractivity contribution < 1.29 is 28.6 Å². The maximum absolute atomic E-state index is 12.9. The molecule has 0 aromatic carbocycles. The van der Waals surface area contributed by atoms with Crippen LogP contribution in [0.4, 0.5) is 0 Å². The van der Waals surface area contributed by atoms with E-state index in [2.05, 4.69) is 20.8 Å². The molecular formula is C71H138O6. The molecule has 0 aliphatic rings. The summed E-state index contributed by atoms with van der Waals surface area (Å²) in [4.78, 5) is 38.3. The van der Waals surface area contributed by atoms with Crippen LogP contribution >= 0.6 is 0 Å². The van der Waals surface area contributed by atoms with Gasteiger partial charge in [0.2, 0.25) is 0 Å². The molecule has 0 saturated heterocycles. The lowest BCUT2D eigenvalue weighted by molar-refractivity contribution is -0.167. The maximum atomic E-state index is 12.9. The third-order valence-corrected chi connectivity index (χ3v) is 16.6. The highest BCUT2D eigenvalue weighted by molar-refractivity contribution is 5.71. The zero-order valence-electron chi connectivity index (χ0n) is 52.8. The molecule has 1 unspecified atom stereocenters. The van der Waals surface area contributed by atoms with Crippen molar-refractivity contribution in [1.29, 1.82) is 0 Å². The van der Waals surface area contributed by atoms with Crippen LogP contribution in [0.15, 0.2) is 0 Å². The summed E-state index contributed by atoms with van der Waals surface area (Å²) < 4.78 is 17.0. The van der Waals surface area contributed by atoms with Crippen molar-refractivity contribution >= 4 is 17.9 Å². The van der Waals surface area contributed by atoms with Gasteiger partial charge in [0.15, 0.2) is 6.10 Å². The third-order valence-electron chi connectivity index (χ3n) is 16.6. The van der Waals surface area contributed by atoms with Crippen LogP contribution in [0.5, 0.6) is 0 Å². The zero-order chi connectivity index (χ0) is 55.7. The number of rotatable bonds is 67. The van der Waals surface area contributed by atoms with Crippen LogP contribution in [0.3, 0.4) is 0 Å². The standard InChI is InChI=1S/C71H138O6/c1-4-7-10-13-16-19-22-24-26-28-30-32-33-34-35-36-37-38-39-40-42-43-45-47-49-52-55-58-61-64-70(73)76-67-68(66-75-69(72)63-60-57-54-51-21-18-15-12-9-6-3)77-71(74)65-62-59-56-53-50-48-46-44-41-31-29-27-25-23-20-17-14-11-8-5-2/h68H,4-67H2,1-3H3. The number of carbonyl (C=O) groups is 3. The molecule has 0 aromatic heterocycles. The summed E-state index contributed by atoms with van der Waals surface area (Å²) in [6.45, 7) is 6.72. The molecule has 0 amide bonds. The summed E-state index contributed by atoms with van der Waals surface area (Å²) >= 11 is 0. The fraction of sp³-hybridized carbons (Fsp3) is 0.958. The predicted molar refractivity (Wildman–Crippen MR) is 335 cm³/mol. The number of unbranched alkanes of at least 4 members (excludes halogenated alkanes) is 56. The number of hydrogen-bond acceptors (Lipinski definition) is 6. The highest BCUT2D eigenvalue weighted by atomic mass is 16.6. The lowest BCUT2D eigenvalue weighted by Crippen LogP contribution is -2.30. The Morgan fingerprint density at radius 1 is 0.208 bits per heavy atom. The smallest absolute Gasteiger partial charge is 0.306 e. The van der Waals surface area contributed by atoms with Gasteiger partial charge < -0.3 is 14.2 Å². The van der Waals surface area contributed by atoms with Crippen molar-refractivity contribution in [1.82, 2.24) is 0 Å². The van der Waals surface area contributed by atoms with Gasteiger partial charge in [0.05, 0.1) is 0 Å². The molecule has 0 rings (SSSR count). The minimum absolute atomic E-state index is 0.0606. The van der Waals surface area contributed by atoms with Gasteiger partial charge in [-0.05, 0) is 19.3 Å². The zero-order valence-corrected chi connectivity index (χ0v) is 52.8. The number of ether oxygens (including phenoxy) is 3. The van der Waals surface area contributed by atoms with Gasteiger partial charge >= 0.3 is 17.9 Å². The number of hydrogen-bond donors (Lipinski definition) is 0. The van der Waals surface area contributed by atoms with Gasteiger partial charge in [-0.25, -0.2) is 0 Å². The van der Waals surface area contributed by atoms with Crippen molar-refractivity contribution in [2.75, 3.05) is 13.2 Å². The van der Waals surface area contributed by atoms with E-state index in [0.29, 0.717) is 19.3 Å². The van der Waals surface area contributed by atoms with Gasteiger partial charge in [0, 0.05) is 19.3 Å². The Morgan fingerprint density at radius 2 is 0.351 bits per heavy atom. The topological polar surface area (TPSA) is 78.9 Å². The summed E-state index contributed by atoms with van der Waals surface area (Å²) in [5.74, 6) is -0.825. The second-order valence-electron chi connectivity index (χ2n) is 24.5. The lowest BCUT2D eigenvalue weighted by atomic mass is 10.0. The first-order valence-corrected chi connectivity index (χ1v) is 35.5. The second kappa shape index (κ2) is 66.9. The van der Waals surface area contributed by atoms with E-state index in [0.717, 1.165) is 57.8 Å². The van der Waals surface area contributed by atoms with E-state index in [9.17, 15) is 14.4 Å². The summed E-state index contributed by atoms with van der Waals surface area (Å²) in [5, 5.41) is 0. The first-order chi connectivity index (χ1) is 38.0. The van der Waals surface area contributed by atoms with Crippen LogP contribution in [0.2, 0.25) is 0 Å². The minimum Gasteiger partial charge on any atom is -0.462 e. The van der Waals surface area contributed by atoms with Crippen LogP contribution in [-0.4, -0.2) is 37.2 Å². The second-order valence-corrected chi connectivity index (χ2v) is 24.5. The Morgan fingerprint density at radius 3 is 0.519 bits per heavy atom. The van der Waals surface area contributed by atoms with E-state index < -0.39 is 6.10 Å². The van der Waals surface area contributed by atoms with Crippen LogP contribution in [0, 0.1) is 0 Å². The predicted octanol–water partition coefficient (Wildman–Crippen LogP) is 24.2. The fourth-order valence-electron chi connectivity index (χ4n) is 11.3. The van der Waals surface area contributed by atoms with Gasteiger partial charge in [-0.2, -0.15) is 0 Å². The molecule has 0 N–H and O–H groups in total. The third kappa shape index (κ3) is 65.1. The van der Waals surface area contributed by atoms with Gasteiger partial charge in [-0.3, -0.25) is 14.4 Å². The van der Waals surface area contributed by atoms with Gasteiger partial charge in [0.25, 0.3) is 0 Å². The minimum atomic E-state index is -0.762. The molecule has 6 heteroatoms. The molecule has 0 spiro atoms. The molecule has 0 radical (unpaired) electrons. The van der Waals surface area contributed by atoms with Crippen LogP contribution in [0.1, 0.15) is 419 Å². The molecule has 0 heterocycles. The molecule has 0 bridgehead atoms. The lowest BCUT2D eigenvalue weighted by Gasteiger charge is -2.18. The first-order valence-electron chi connectivity index (χ1n) is 35.5. The number of carbonyl (C=O) groups excluding carboxylic acids is 3. The Bertz CT molecular complexity index is 1160. The molecular weight excluding hydrogens is 949 g/mol. The van der Waals surface area contributed by atoms with Crippen molar-refractivity contribution in [2.24, 2.45) is 0 Å². The average molecular weight is 1090 g/mol. The highest BCUT2D eigenvalue weighted by Crippen LogP contribution is 2.20. The van der Waals surface area contributed by atoms with E-state index in [1.54, 1.807) is 0 Å². The molecule has 0 aromatic rings. The largest absolute Gasteiger partial charge is 0.462 e. The van der Waals surface area contributed by atoms with Crippen molar-refractivity contribution in [3.05, 3.63) is 0 Å². The maximum Gasteiger partial charge on any atom is 0.306 e. The molecule has 1 atom stereocenters. The Hall–Kier alpha value is -1.59. The van der Waals surface area contributed by atoms with E-state index >= 15 is 0 Å². The van der Waals surface area contributed by atoms with Crippen molar-refractivity contribution in [2.45, 2.75) is 425 Å². The van der Waals surface area contributed by atoms with Gasteiger partial charge in [-0.15, -0.1) is 0 Å². The van der Waals surface area contributed by atoms with Crippen molar-refractivity contribution in [3.63, 3.8) is 0 Å². The summed E-state index contributed by atoms with van der Waals surface area (Å²) in [7, 11) is 0. The molecule has 77 heavy (non-hydrogen) atoms. The van der Waals surface area contributed by atoms with E-state index in [4.69, 9.17) is 14.2 Å². The van der Waals surface area contributed by atoms with Crippen LogP contribution in [0.25, 0.3) is 0 Å². The van der Waals surface area contributed by atoms with Crippen molar-refractivity contribution in [3.8, 4) is 0 Å². The average Bonchev–Trinajstić information content (AvgIpc) is 3.43. The molecule has 458 valence electrons. The van der Waals surface area contributed by atoms with E-state index in [1.807, 2.05) is 0 Å². The quantitative estimate of drug-likeness (QED) is 0.0343. The van der Waals surface area contributed by atoms with Gasteiger partial charge in [-0.1, -0.05) is 380 Å². The Labute approximate surface area is 482 Å². The Kier molecular flexibility index (Phi) is 65.5. The summed E-state index contributed by atoms with van der Waals surface area (Å²) in [5.41, 5.74) is 0. The van der Waals surface area contributed by atoms with E-state index in [-0.39, 0.29) is 31.1 Å². The summed E-state index contributed by atoms with van der Waals surface area (Å²) in [6.07, 6.45) is 78.7.